The van der Waals surface area contributed by atoms with Gasteiger partial charge in [-0.2, -0.15) is 5.10 Å². The second-order valence-electron chi connectivity index (χ2n) is 3.75. The number of rotatable bonds is 4. The van der Waals surface area contributed by atoms with Gasteiger partial charge in [0.15, 0.2) is 0 Å². The maximum absolute atomic E-state index is 5.81. The van der Waals surface area contributed by atoms with Gasteiger partial charge in [0, 0.05) is 36.9 Å². The molecule has 0 spiro atoms. The van der Waals surface area contributed by atoms with Crippen LogP contribution in [0, 0.1) is 0 Å². The fraction of sp³-hybridized carbons (Fsp3) is 0.250. The molecule has 0 atom stereocenters. The number of benzene rings is 1. The van der Waals surface area contributed by atoms with Crippen molar-refractivity contribution in [3.8, 4) is 0 Å². The molecule has 1 aromatic carbocycles. The molecule has 0 aliphatic carbocycles. The van der Waals surface area contributed by atoms with Gasteiger partial charge in [0.25, 0.3) is 0 Å². The van der Waals surface area contributed by atoms with Crippen LogP contribution in [0.5, 0.6) is 0 Å². The normalized spacial score (nSPS) is 10.6. The molecule has 4 heteroatoms. The Balaban J connectivity index is 1.82. The van der Waals surface area contributed by atoms with Crippen LogP contribution < -0.4 is 5.32 Å². The van der Waals surface area contributed by atoms with Gasteiger partial charge < -0.3 is 5.32 Å². The van der Waals surface area contributed by atoms with Crippen molar-refractivity contribution in [2.24, 2.45) is 7.05 Å². The van der Waals surface area contributed by atoms with E-state index in [4.69, 9.17) is 11.6 Å². The molecule has 0 amide bonds. The molecule has 2 aromatic rings. The molecule has 2 rings (SSSR count). The molecule has 1 aromatic heterocycles. The van der Waals surface area contributed by atoms with Crippen molar-refractivity contribution >= 4 is 11.6 Å². The third kappa shape index (κ3) is 3.08. The summed E-state index contributed by atoms with van der Waals surface area (Å²) in [5, 5.41) is 8.24. The summed E-state index contributed by atoms with van der Waals surface area (Å²) in [6.45, 7) is 1.67. The van der Waals surface area contributed by atoms with Crippen molar-refractivity contribution < 1.29 is 0 Å². The fourth-order valence-corrected chi connectivity index (χ4v) is 1.64. The minimum Gasteiger partial charge on any atom is -0.309 e. The van der Waals surface area contributed by atoms with E-state index in [1.54, 1.807) is 4.68 Å². The number of hydrogen-bond acceptors (Lipinski definition) is 2. The summed E-state index contributed by atoms with van der Waals surface area (Å²) in [5.74, 6) is 0. The monoisotopic (exact) mass is 235 g/mol. The molecule has 1 heterocycles. The lowest BCUT2D eigenvalue weighted by Gasteiger charge is -2.03. The molecule has 1 N–H and O–H groups in total. The zero-order valence-electron chi connectivity index (χ0n) is 9.15. The smallest absolute Gasteiger partial charge is 0.0534 e. The Morgan fingerprint density at radius 3 is 2.50 bits per heavy atom. The van der Waals surface area contributed by atoms with Gasteiger partial charge in [-0.1, -0.05) is 23.7 Å². The van der Waals surface area contributed by atoms with E-state index in [9.17, 15) is 0 Å². The third-order valence-electron chi connectivity index (χ3n) is 2.33. The van der Waals surface area contributed by atoms with Crippen LogP contribution in [0.15, 0.2) is 36.7 Å². The van der Waals surface area contributed by atoms with Gasteiger partial charge in [0.2, 0.25) is 0 Å². The van der Waals surface area contributed by atoms with Crippen LogP contribution in [0.3, 0.4) is 0 Å². The molecule has 3 nitrogen and oxygen atoms in total. The number of aryl methyl sites for hydroxylation is 1. The zero-order valence-corrected chi connectivity index (χ0v) is 9.91. The van der Waals surface area contributed by atoms with Crippen molar-refractivity contribution in [2.45, 2.75) is 13.1 Å². The van der Waals surface area contributed by atoms with E-state index in [0.29, 0.717) is 0 Å². The van der Waals surface area contributed by atoms with E-state index in [2.05, 4.69) is 10.4 Å². The van der Waals surface area contributed by atoms with Crippen LogP contribution in [0.4, 0.5) is 0 Å². The van der Waals surface area contributed by atoms with Gasteiger partial charge in [0.1, 0.15) is 0 Å². The maximum atomic E-state index is 5.81. The quantitative estimate of drug-likeness (QED) is 0.882. The highest BCUT2D eigenvalue weighted by molar-refractivity contribution is 6.30. The Kier molecular flexibility index (Phi) is 3.59. The lowest BCUT2D eigenvalue weighted by Crippen LogP contribution is -2.12. The lowest BCUT2D eigenvalue weighted by atomic mass is 10.2. The second-order valence-corrected chi connectivity index (χ2v) is 4.19. The second kappa shape index (κ2) is 5.14. The van der Waals surface area contributed by atoms with E-state index in [1.165, 1.54) is 11.1 Å². The Morgan fingerprint density at radius 2 is 1.88 bits per heavy atom. The molecule has 0 bridgehead atoms. The summed E-state index contributed by atoms with van der Waals surface area (Å²) < 4.78 is 1.80. The Hall–Kier alpha value is -1.32. The number of nitrogens with zero attached hydrogens (tertiary/aromatic N) is 2. The number of aromatic nitrogens is 2. The lowest BCUT2D eigenvalue weighted by molar-refractivity contribution is 0.692. The van der Waals surface area contributed by atoms with Gasteiger partial charge in [0.05, 0.1) is 6.20 Å². The van der Waals surface area contributed by atoms with Gasteiger partial charge >= 0.3 is 0 Å². The van der Waals surface area contributed by atoms with Crippen LogP contribution in [-0.2, 0) is 20.1 Å². The molecular weight excluding hydrogens is 222 g/mol. The number of hydrogen-bond donors (Lipinski definition) is 1. The predicted molar refractivity (Wildman–Crippen MR) is 65.2 cm³/mol. The third-order valence-corrected chi connectivity index (χ3v) is 2.58. The molecule has 84 valence electrons. The van der Waals surface area contributed by atoms with Crippen LogP contribution in [0.2, 0.25) is 5.02 Å². The van der Waals surface area contributed by atoms with E-state index in [-0.39, 0.29) is 0 Å². The Labute approximate surface area is 100 Å². The van der Waals surface area contributed by atoms with E-state index in [0.717, 1.165) is 18.1 Å². The number of halogens is 1. The molecule has 0 unspecified atom stereocenters. The van der Waals surface area contributed by atoms with Gasteiger partial charge in [-0.15, -0.1) is 0 Å². The Morgan fingerprint density at radius 1 is 1.19 bits per heavy atom. The summed E-state index contributed by atoms with van der Waals surface area (Å²) in [7, 11) is 1.92. The molecule has 0 saturated heterocycles. The molecule has 0 saturated carbocycles. The first kappa shape index (κ1) is 11.2. The van der Waals surface area contributed by atoms with E-state index < -0.39 is 0 Å². The zero-order chi connectivity index (χ0) is 11.4. The summed E-state index contributed by atoms with van der Waals surface area (Å²) in [6, 6.07) is 7.86. The first-order valence-corrected chi connectivity index (χ1v) is 5.54. The van der Waals surface area contributed by atoms with Crippen molar-refractivity contribution in [1.82, 2.24) is 15.1 Å². The van der Waals surface area contributed by atoms with Crippen molar-refractivity contribution in [1.29, 1.82) is 0 Å². The minimum atomic E-state index is 0.774. The Bertz CT molecular complexity index is 448. The SMILES string of the molecule is Cn1cc(CNCc2ccc(Cl)cc2)cn1. The summed E-state index contributed by atoms with van der Waals surface area (Å²) in [5.41, 5.74) is 2.42. The first-order valence-electron chi connectivity index (χ1n) is 5.17. The maximum Gasteiger partial charge on any atom is 0.0534 e. The first-order chi connectivity index (χ1) is 7.74. The van der Waals surface area contributed by atoms with Gasteiger partial charge in [-0.3, -0.25) is 4.68 Å². The average molecular weight is 236 g/mol. The van der Waals surface area contributed by atoms with Crippen LogP contribution in [-0.4, -0.2) is 9.78 Å². The molecule has 0 radical (unpaired) electrons. The highest BCUT2D eigenvalue weighted by Gasteiger charge is 1.96. The topological polar surface area (TPSA) is 29.9 Å². The van der Waals surface area contributed by atoms with Gasteiger partial charge in [-0.25, -0.2) is 0 Å². The molecule has 0 fully saturated rings. The van der Waals surface area contributed by atoms with Crippen LogP contribution in [0.1, 0.15) is 11.1 Å². The summed E-state index contributed by atoms with van der Waals surface area (Å²) in [4.78, 5) is 0. The fourth-order valence-electron chi connectivity index (χ4n) is 1.52. The standard InChI is InChI=1S/C12H14ClN3/c1-16-9-11(8-15-16)7-14-6-10-2-4-12(13)5-3-10/h2-5,8-9,14H,6-7H2,1H3. The molecule has 16 heavy (non-hydrogen) atoms. The van der Waals surface area contributed by atoms with Crippen LogP contribution in [0.25, 0.3) is 0 Å². The average Bonchev–Trinajstić information content (AvgIpc) is 2.67. The largest absolute Gasteiger partial charge is 0.309 e. The highest BCUT2D eigenvalue weighted by Crippen LogP contribution is 2.09. The predicted octanol–water partition coefficient (Wildman–Crippen LogP) is 2.36. The van der Waals surface area contributed by atoms with Gasteiger partial charge in [-0.05, 0) is 17.7 Å². The summed E-state index contributed by atoms with van der Waals surface area (Å²) in [6.07, 6.45) is 3.88. The van der Waals surface area contributed by atoms with Crippen molar-refractivity contribution in [2.75, 3.05) is 0 Å². The molecular formula is C12H14ClN3. The highest BCUT2D eigenvalue weighted by atomic mass is 35.5. The van der Waals surface area contributed by atoms with E-state index >= 15 is 0 Å². The molecule has 0 aliphatic heterocycles. The summed E-state index contributed by atoms with van der Waals surface area (Å²) >= 11 is 5.81. The number of nitrogens with one attached hydrogen (secondary N) is 1. The van der Waals surface area contributed by atoms with E-state index in [1.807, 2.05) is 43.7 Å². The van der Waals surface area contributed by atoms with Crippen molar-refractivity contribution in [3.63, 3.8) is 0 Å². The van der Waals surface area contributed by atoms with Crippen molar-refractivity contribution in [3.05, 3.63) is 52.8 Å². The minimum absolute atomic E-state index is 0.774. The van der Waals surface area contributed by atoms with Crippen LogP contribution >= 0.6 is 11.6 Å². The molecule has 0 aliphatic rings.